The van der Waals surface area contributed by atoms with Crippen molar-refractivity contribution in [1.29, 1.82) is 0 Å². The van der Waals surface area contributed by atoms with E-state index in [9.17, 15) is 30.0 Å². The van der Waals surface area contributed by atoms with E-state index in [0.29, 0.717) is 6.42 Å². The number of rotatable bonds is 32. The van der Waals surface area contributed by atoms with Crippen molar-refractivity contribution in [2.75, 3.05) is 19.8 Å². The number of allylic oxidation sites excluding steroid dienone is 2. The van der Waals surface area contributed by atoms with Crippen molar-refractivity contribution >= 4 is 11.9 Å². The van der Waals surface area contributed by atoms with Gasteiger partial charge < -0.3 is 39.4 Å². The molecule has 1 heterocycles. The van der Waals surface area contributed by atoms with Gasteiger partial charge in [-0.2, -0.15) is 0 Å². The predicted molar refractivity (Wildman–Crippen MR) is 192 cm³/mol. The Bertz CT molecular complexity index is 820. The fourth-order valence-electron chi connectivity index (χ4n) is 5.95. The lowest BCUT2D eigenvalue weighted by molar-refractivity contribution is -0.305. The highest BCUT2D eigenvalue weighted by Crippen LogP contribution is 2.22. The average molecular weight is 701 g/mol. The minimum atomic E-state index is -1.59. The fraction of sp³-hybridized carbons (Fsp3) is 0.897. The molecule has 0 aromatic heterocycles. The van der Waals surface area contributed by atoms with E-state index in [1.54, 1.807) is 0 Å². The number of esters is 2. The molecule has 1 rings (SSSR count). The monoisotopic (exact) mass is 701 g/mol. The second-order valence-corrected chi connectivity index (χ2v) is 13.7. The van der Waals surface area contributed by atoms with E-state index in [-0.39, 0.29) is 32.0 Å². The van der Waals surface area contributed by atoms with Crippen molar-refractivity contribution in [3.8, 4) is 0 Å². The zero-order chi connectivity index (χ0) is 36.0. The first-order valence-corrected chi connectivity index (χ1v) is 19.8. The van der Waals surface area contributed by atoms with Gasteiger partial charge in [0, 0.05) is 12.8 Å². The number of carbonyl (C=O) groups excluding carboxylic acids is 2. The molecular weight excluding hydrogens is 628 g/mol. The molecule has 1 aliphatic rings. The summed E-state index contributed by atoms with van der Waals surface area (Å²) in [4.78, 5) is 25.1. The molecule has 49 heavy (non-hydrogen) atoms. The van der Waals surface area contributed by atoms with Crippen LogP contribution in [0.5, 0.6) is 0 Å². The average Bonchev–Trinajstić information content (AvgIpc) is 3.10. The van der Waals surface area contributed by atoms with Crippen LogP contribution in [-0.2, 0) is 28.5 Å². The van der Waals surface area contributed by atoms with Gasteiger partial charge in [0.1, 0.15) is 31.0 Å². The maximum absolute atomic E-state index is 12.7. The largest absolute Gasteiger partial charge is 0.462 e. The first kappa shape index (κ1) is 45.5. The van der Waals surface area contributed by atoms with Crippen LogP contribution in [0.4, 0.5) is 0 Å². The second-order valence-electron chi connectivity index (χ2n) is 13.7. The summed E-state index contributed by atoms with van der Waals surface area (Å²) in [7, 11) is 0. The summed E-state index contributed by atoms with van der Waals surface area (Å²) in [6.45, 7) is 3.37. The zero-order valence-electron chi connectivity index (χ0n) is 30.9. The summed E-state index contributed by atoms with van der Waals surface area (Å²) in [5, 5.41) is 39.9. The molecule has 0 spiro atoms. The number of unbranched alkanes of at least 4 members (excludes halogenated alkanes) is 19. The van der Waals surface area contributed by atoms with Crippen LogP contribution in [0.15, 0.2) is 12.2 Å². The van der Waals surface area contributed by atoms with E-state index in [1.807, 2.05) is 0 Å². The van der Waals surface area contributed by atoms with E-state index in [4.69, 9.17) is 18.9 Å². The fourth-order valence-corrected chi connectivity index (χ4v) is 5.95. The summed E-state index contributed by atoms with van der Waals surface area (Å²) in [5.41, 5.74) is 0. The standard InChI is InChI=1S/C39H72O10/c1-3-5-7-9-11-13-14-15-16-17-18-20-22-24-26-28-35(42)48-32(31-47-39-38(45)37(44)36(43)33(29-40)49-39)30-46-34(41)27-25-23-21-19-12-10-8-6-4-2/h13-14,32-33,36-40,43-45H,3-12,15-31H2,1-2H3/b14-13+/t32-,33-,36+,37?,38?,39-/m1/s1. The van der Waals surface area contributed by atoms with Gasteiger partial charge in [0.05, 0.1) is 13.2 Å². The van der Waals surface area contributed by atoms with Gasteiger partial charge in [-0.05, 0) is 38.5 Å². The minimum absolute atomic E-state index is 0.215. The Balaban J connectivity index is 2.38. The highest BCUT2D eigenvalue weighted by atomic mass is 16.7. The van der Waals surface area contributed by atoms with Gasteiger partial charge in [-0.1, -0.05) is 129 Å². The van der Waals surface area contributed by atoms with Crippen molar-refractivity contribution in [3.05, 3.63) is 12.2 Å². The molecule has 0 aromatic carbocycles. The SMILES string of the molecule is CCCCCC/C=C/CCCCCCCCCC(=O)O[C@H](COC(=O)CCCCCCCCCCC)CO[C@@H]1O[C@H](CO)[C@H](O)C(O)C1O. The molecule has 2 unspecified atom stereocenters. The Hall–Kier alpha value is -1.56. The molecule has 0 aromatic rings. The molecule has 10 nitrogen and oxygen atoms in total. The first-order chi connectivity index (χ1) is 23.8. The Labute approximate surface area is 297 Å². The highest BCUT2D eigenvalue weighted by Gasteiger charge is 2.44. The van der Waals surface area contributed by atoms with Crippen LogP contribution in [0.2, 0.25) is 0 Å². The third-order valence-electron chi connectivity index (χ3n) is 9.15. The van der Waals surface area contributed by atoms with Crippen LogP contribution in [-0.4, -0.2) is 89.0 Å². The molecule has 4 N–H and O–H groups in total. The quantitative estimate of drug-likeness (QED) is 0.0322. The van der Waals surface area contributed by atoms with Gasteiger partial charge in [0.15, 0.2) is 12.4 Å². The van der Waals surface area contributed by atoms with Crippen molar-refractivity contribution in [3.63, 3.8) is 0 Å². The summed E-state index contributed by atoms with van der Waals surface area (Å²) in [5.74, 6) is -0.811. The number of aliphatic hydroxyl groups excluding tert-OH is 4. The van der Waals surface area contributed by atoms with Crippen LogP contribution >= 0.6 is 0 Å². The Morgan fingerprint density at radius 2 is 1.08 bits per heavy atom. The van der Waals surface area contributed by atoms with Gasteiger partial charge in [0.2, 0.25) is 0 Å². The van der Waals surface area contributed by atoms with Crippen molar-refractivity contribution in [2.45, 2.75) is 205 Å². The Kier molecular flexibility index (Phi) is 28.9. The molecule has 0 amide bonds. The van der Waals surface area contributed by atoms with E-state index in [1.165, 1.54) is 89.9 Å². The van der Waals surface area contributed by atoms with Crippen LogP contribution in [0.3, 0.4) is 0 Å². The first-order valence-electron chi connectivity index (χ1n) is 19.8. The summed E-state index contributed by atoms with van der Waals surface area (Å²) in [6.07, 6.45) is 22.3. The Morgan fingerprint density at radius 1 is 0.612 bits per heavy atom. The van der Waals surface area contributed by atoms with Gasteiger partial charge in [-0.25, -0.2) is 0 Å². The summed E-state index contributed by atoms with van der Waals surface area (Å²) < 4.78 is 22.0. The number of aliphatic hydroxyl groups is 4. The molecule has 0 saturated carbocycles. The predicted octanol–water partition coefficient (Wildman–Crippen LogP) is 7.22. The topological polar surface area (TPSA) is 152 Å². The molecule has 0 bridgehead atoms. The third kappa shape index (κ3) is 23.5. The normalized spacial score (nSPS) is 21.6. The number of carbonyl (C=O) groups is 2. The molecule has 1 saturated heterocycles. The van der Waals surface area contributed by atoms with E-state index in [0.717, 1.165) is 44.9 Å². The molecule has 0 radical (unpaired) electrons. The zero-order valence-corrected chi connectivity index (χ0v) is 30.9. The highest BCUT2D eigenvalue weighted by molar-refractivity contribution is 5.70. The van der Waals surface area contributed by atoms with Crippen molar-refractivity contribution < 1.29 is 49.0 Å². The minimum Gasteiger partial charge on any atom is -0.462 e. The van der Waals surface area contributed by atoms with E-state index >= 15 is 0 Å². The molecule has 10 heteroatoms. The van der Waals surface area contributed by atoms with Crippen LogP contribution in [0, 0.1) is 0 Å². The van der Waals surface area contributed by atoms with Crippen molar-refractivity contribution in [2.24, 2.45) is 0 Å². The van der Waals surface area contributed by atoms with Gasteiger partial charge >= 0.3 is 11.9 Å². The van der Waals surface area contributed by atoms with Crippen LogP contribution in [0.25, 0.3) is 0 Å². The maximum Gasteiger partial charge on any atom is 0.306 e. The van der Waals surface area contributed by atoms with Gasteiger partial charge in [0.25, 0.3) is 0 Å². The summed E-state index contributed by atoms with van der Waals surface area (Å²) >= 11 is 0. The number of hydrogen-bond acceptors (Lipinski definition) is 10. The Morgan fingerprint density at radius 3 is 1.61 bits per heavy atom. The number of ether oxygens (including phenoxy) is 4. The van der Waals surface area contributed by atoms with E-state index < -0.39 is 49.4 Å². The lowest BCUT2D eigenvalue weighted by atomic mass is 9.99. The maximum atomic E-state index is 12.7. The smallest absolute Gasteiger partial charge is 0.306 e. The molecule has 6 atom stereocenters. The van der Waals surface area contributed by atoms with E-state index in [2.05, 4.69) is 26.0 Å². The van der Waals surface area contributed by atoms with Gasteiger partial charge in [-0.3, -0.25) is 9.59 Å². The molecule has 1 aliphatic heterocycles. The van der Waals surface area contributed by atoms with Crippen LogP contribution < -0.4 is 0 Å². The third-order valence-corrected chi connectivity index (χ3v) is 9.15. The van der Waals surface area contributed by atoms with Gasteiger partial charge in [-0.15, -0.1) is 0 Å². The molecule has 1 fully saturated rings. The second kappa shape index (κ2) is 31.2. The van der Waals surface area contributed by atoms with Crippen LogP contribution in [0.1, 0.15) is 168 Å². The summed E-state index contributed by atoms with van der Waals surface area (Å²) in [6, 6.07) is 0. The molecule has 0 aliphatic carbocycles. The lowest BCUT2D eigenvalue weighted by Crippen LogP contribution is -2.59. The molecule has 288 valence electrons. The number of hydrogen-bond donors (Lipinski definition) is 4. The van der Waals surface area contributed by atoms with Crippen molar-refractivity contribution in [1.82, 2.24) is 0 Å². The molecular formula is C39H72O10. The lowest BCUT2D eigenvalue weighted by Gasteiger charge is -2.39.